The zero-order chi connectivity index (χ0) is 38.7. The summed E-state index contributed by atoms with van der Waals surface area (Å²) in [5.41, 5.74) is 0. The van der Waals surface area contributed by atoms with Gasteiger partial charge >= 0.3 is 27.6 Å². The van der Waals surface area contributed by atoms with Crippen LogP contribution >= 0.6 is 15.6 Å². The van der Waals surface area contributed by atoms with Crippen molar-refractivity contribution in [3.8, 4) is 0 Å². The first-order valence-electron chi connectivity index (χ1n) is 19.4. The highest BCUT2D eigenvalue weighted by Gasteiger charge is 2.36. The van der Waals surface area contributed by atoms with Crippen molar-refractivity contribution in [2.24, 2.45) is 5.92 Å². The summed E-state index contributed by atoms with van der Waals surface area (Å²) in [5.74, 6) is -0.359. The standard InChI is InChI=1S/C36H68O14P2/c1-4-5-6-7-12-17-22-33-34(50-33)23-18-13-10-15-20-25-36(39)49-32(28-45-35(38)24-19-14-9-8-11-16-21-30(2)3)29-48-52(43,44)47-27-31(37)26-46-51(40,41)42/h12,17,30-34,37H,4-11,13-16,18-29H2,1-3H3,(H,43,44)(H2,40,41,42)/b17-12-/t31-,32+,33?,34?/m0/s1. The lowest BCUT2D eigenvalue weighted by Crippen LogP contribution is -2.30. The number of epoxide rings is 1. The third-order valence-electron chi connectivity index (χ3n) is 8.50. The molecule has 14 nitrogen and oxygen atoms in total. The number of phosphoric ester groups is 2. The molecular weight excluding hydrogens is 718 g/mol. The molecule has 0 aromatic rings. The van der Waals surface area contributed by atoms with Crippen molar-refractivity contribution < 1.29 is 66.3 Å². The molecule has 0 aromatic heterocycles. The van der Waals surface area contributed by atoms with Gasteiger partial charge in [-0.25, -0.2) is 9.13 Å². The van der Waals surface area contributed by atoms with E-state index in [1.165, 1.54) is 38.5 Å². The molecule has 0 bridgehead atoms. The number of carbonyl (C=O) groups excluding carboxylic acids is 2. The van der Waals surface area contributed by atoms with Gasteiger partial charge in [0.2, 0.25) is 0 Å². The fourth-order valence-electron chi connectivity index (χ4n) is 5.42. The lowest BCUT2D eigenvalue weighted by molar-refractivity contribution is -0.161. The Kier molecular flexibility index (Phi) is 27.4. The number of esters is 2. The molecule has 1 aliphatic rings. The van der Waals surface area contributed by atoms with Gasteiger partial charge in [-0.2, -0.15) is 0 Å². The highest BCUT2D eigenvalue weighted by Crippen LogP contribution is 2.44. The second-order valence-corrected chi connectivity index (χ2v) is 16.8. The maximum absolute atomic E-state index is 12.6. The van der Waals surface area contributed by atoms with Gasteiger partial charge in [-0.3, -0.25) is 23.2 Å². The Morgan fingerprint density at radius 2 is 1.31 bits per heavy atom. The molecule has 0 aliphatic carbocycles. The van der Waals surface area contributed by atoms with Gasteiger partial charge in [-0.05, 0) is 44.4 Å². The smallest absolute Gasteiger partial charge is 0.462 e. The largest absolute Gasteiger partial charge is 0.472 e. The lowest BCUT2D eigenvalue weighted by Gasteiger charge is -2.20. The summed E-state index contributed by atoms with van der Waals surface area (Å²) in [4.78, 5) is 52.4. The summed E-state index contributed by atoms with van der Waals surface area (Å²) >= 11 is 0. The number of carbonyl (C=O) groups is 2. The summed E-state index contributed by atoms with van der Waals surface area (Å²) in [6.45, 7) is 3.90. The van der Waals surface area contributed by atoms with Crippen molar-refractivity contribution >= 4 is 27.6 Å². The van der Waals surface area contributed by atoms with E-state index in [1.807, 2.05) is 0 Å². The monoisotopic (exact) mass is 786 g/mol. The first kappa shape index (κ1) is 48.8. The lowest BCUT2D eigenvalue weighted by atomic mass is 10.0. The number of aliphatic hydroxyl groups excluding tert-OH is 1. The van der Waals surface area contributed by atoms with Crippen molar-refractivity contribution in [2.45, 2.75) is 174 Å². The summed E-state index contributed by atoms with van der Waals surface area (Å²) in [5, 5.41) is 9.71. The maximum atomic E-state index is 12.6. The number of hydrogen-bond donors (Lipinski definition) is 4. The Morgan fingerprint density at radius 1 is 0.712 bits per heavy atom. The minimum absolute atomic E-state index is 0.110. The van der Waals surface area contributed by atoms with Crippen LogP contribution < -0.4 is 0 Å². The third-order valence-corrected chi connectivity index (χ3v) is 9.93. The van der Waals surface area contributed by atoms with E-state index >= 15 is 0 Å². The van der Waals surface area contributed by atoms with Crippen molar-refractivity contribution in [1.29, 1.82) is 0 Å². The van der Waals surface area contributed by atoms with Gasteiger partial charge in [-0.15, -0.1) is 0 Å². The number of unbranched alkanes of at least 4 members (excludes halogenated alkanes) is 12. The fraction of sp³-hybridized carbons (Fsp3) is 0.889. The quantitative estimate of drug-likeness (QED) is 0.0159. The van der Waals surface area contributed by atoms with E-state index in [0.29, 0.717) is 31.0 Å². The van der Waals surface area contributed by atoms with Gasteiger partial charge in [0.1, 0.15) is 12.7 Å². The number of phosphoric acid groups is 2. The molecule has 16 heteroatoms. The van der Waals surface area contributed by atoms with E-state index in [0.717, 1.165) is 64.2 Å². The highest BCUT2D eigenvalue weighted by molar-refractivity contribution is 7.47. The topological polar surface area (TPSA) is 208 Å². The Bertz CT molecular complexity index is 1070. The second-order valence-electron chi connectivity index (χ2n) is 14.1. The molecule has 3 unspecified atom stereocenters. The number of hydrogen-bond acceptors (Lipinski definition) is 11. The van der Waals surface area contributed by atoms with E-state index in [9.17, 15) is 28.7 Å². The molecule has 1 fully saturated rings. The van der Waals surface area contributed by atoms with Gasteiger partial charge in [0, 0.05) is 12.8 Å². The summed E-state index contributed by atoms with van der Waals surface area (Å²) in [6.07, 6.45) is 21.3. The van der Waals surface area contributed by atoms with Gasteiger partial charge in [-0.1, -0.05) is 110 Å². The van der Waals surface area contributed by atoms with Crippen LogP contribution in [-0.4, -0.2) is 82.6 Å². The van der Waals surface area contributed by atoms with Crippen molar-refractivity contribution in [1.82, 2.24) is 0 Å². The third kappa shape index (κ3) is 30.2. The van der Waals surface area contributed by atoms with E-state index in [1.54, 1.807) is 0 Å². The minimum Gasteiger partial charge on any atom is -0.462 e. The molecule has 4 N–H and O–H groups in total. The summed E-state index contributed by atoms with van der Waals surface area (Å²) in [7, 11) is -9.66. The molecule has 1 aliphatic heterocycles. The van der Waals surface area contributed by atoms with Gasteiger partial charge < -0.3 is 34.0 Å². The average molecular weight is 787 g/mol. The van der Waals surface area contributed by atoms with Gasteiger partial charge in [0.25, 0.3) is 0 Å². The molecule has 5 atom stereocenters. The molecule has 0 spiro atoms. The van der Waals surface area contributed by atoms with Crippen LogP contribution in [0.1, 0.15) is 149 Å². The van der Waals surface area contributed by atoms with Crippen LogP contribution in [0.25, 0.3) is 0 Å². The van der Waals surface area contributed by atoms with E-state index in [4.69, 9.17) is 28.5 Å². The average Bonchev–Trinajstić information content (AvgIpc) is 3.83. The Morgan fingerprint density at radius 3 is 1.96 bits per heavy atom. The number of allylic oxidation sites excluding steroid dienone is 1. The number of rotatable bonds is 35. The van der Waals surface area contributed by atoms with E-state index in [2.05, 4.69) is 42.0 Å². The maximum Gasteiger partial charge on any atom is 0.472 e. The number of ether oxygens (including phenoxy) is 3. The van der Waals surface area contributed by atoms with E-state index < -0.39 is 66.2 Å². The first-order chi connectivity index (χ1) is 24.7. The van der Waals surface area contributed by atoms with E-state index in [-0.39, 0.29) is 12.8 Å². The first-order valence-corrected chi connectivity index (χ1v) is 22.4. The molecule has 1 rings (SSSR count). The Hall–Kier alpha value is -1.18. The highest BCUT2D eigenvalue weighted by atomic mass is 31.2. The van der Waals surface area contributed by atoms with Crippen LogP contribution in [0.5, 0.6) is 0 Å². The van der Waals surface area contributed by atoms with Crippen LogP contribution in [0.4, 0.5) is 0 Å². The van der Waals surface area contributed by atoms with Crippen LogP contribution in [0.15, 0.2) is 12.2 Å². The predicted molar refractivity (Wildman–Crippen MR) is 197 cm³/mol. The summed E-state index contributed by atoms with van der Waals surface area (Å²) < 4.78 is 53.3. The van der Waals surface area contributed by atoms with Crippen LogP contribution in [0, 0.1) is 5.92 Å². The van der Waals surface area contributed by atoms with Gasteiger partial charge in [0.15, 0.2) is 6.10 Å². The molecule has 0 radical (unpaired) electrons. The van der Waals surface area contributed by atoms with Crippen LogP contribution in [0.3, 0.4) is 0 Å². The van der Waals surface area contributed by atoms with Crippen LogP contribution in [-0.2, 0) is 46.5 Å². The van der Waals surface area contributed by atoms with Crippen LogP contribution in [0.2, 0.25) is 0 Å². The minimum atomic E-state index is -4.86. The molecule has 0 amide bonds. The SMILES string of the molecule is CCCCC/C=C\CC1OC1CCCCCCCC(=O)O[C@H](COC(=O)CCCCCCCCC(C)C)COP(=O)(O)OC[C@@H](O)COP(=O)(O)O. The summed E-state index contributed by atoms with van der Waals surface area (Å²) in [6, 6.07) is 0. The predicted octanol–water partition coefficient (Wildman–Crippen LogP) is 7.85. The molecule has 1 heterocycles. The Balaban J connectivity index is 2.40. The van der Waals surface area contributed by atoms with Crippen molar-refractivity contribution in [2.75, 3.05) is 26.4 Å². The second kappa shape index (κ2) is 29.2. The molecule has 0 saturated carbocycles. The molecule has 306 valence electrons. The van der Waals surface area contributed by atoms with Crippen molar-refractivity contribution in [3.05, 3.63) is 12.2 Å². The van der Waals surface area contributed by atoms with Crippen molar-refractivity contribution in [3.63, 3.8) is 0 Å². The van der Waals surface area contributed by atoms with Gasteiger partial charge in [0.05, 0.1) is 32.0 Å². The zero-order valence-corrected chi connectivity index (χ0v) is 33.6. The normalized spacial score (nSPS) is 18.4. The molecule has 1 saturated heterocycles. The molecule has 0 aromatic carbocycles. The Labute approximate surface area is 311 Å². The molecular formula is C36H68O14P2. The zero-order valence-electron chi connectivity index (χ0n) is 31.8. The molecule has 52 heavy (non-hydrogen) atoms. The fourth-order valence-corrected chi connectivity index (χ4v) is 6.58. The number of aliphatic hydroxyl groups is 1.